The number of rotatable bonds is 4. The smallest absolute Gasteiger partial charge is 0.213 e. The van der Waals surface area contributed by atoms with Gasteiger partial charge in [-0.1, -0.05) is 12.1 Å². The van der Waals surface area contributed by atoms with Gasteiger partial charge in [0.2, 0.25) is 6.41 Å². The molecule has 0 N–H and O–H groups in total. The maximum absolute atomic E-state index is 12.3. The first-order valence-corrected chi connectivity index (χ1v) is 6.79. The van der Waals surface area contributed by atoms with Gasteiger partial charge in [-0.05, 0) is 59.0 Å². The zero-order valence-corrected chi connectivity index (χ0v) is 12.5. The third-order valence-corrected chi connectivity index (χ3v) is 3.75. The van der Waals surface area contributed by atoms with E-state index in [1.54, 1.807) is 31.3 Å². The molecular weight excluding hydrogens is 353 g/mol. The predicted octanol–water partition coefficient (Wildman–Crippen LogP) is 3.11. The molecule has 0 spiro atoms. The third-order valence-electron chi connectivity index (χ3n) is 2.81. The fourth-order valence-corrected chi connectivity index (χ4v) is 2.34. The van der Waals surface area contributed by atoms with Crippen molar-refractivity contribution in [3.63, 3.8) is 0 Å². The summed E-state index contributed by atoms with van der Waals surface area (Å²) in [5, 5.41) is 0. The Labute approximate surface area is 125 Å². The molecule has 2 rings (SSSR count). The highest BCUT2D eigenvalue weighted by Gasteiger charge is 2.12. The van der Waals surface area contributed by atoms with Crippen LogP contribution in [0.2, 0.25) is 0 Å². The van der Waals surface area contributed by atoms with Gasteiger partial charge in [-0.15, -0.1) is 0 Å². The van der Waals surface area contributed by atoms with E-state index in [4.69, 9.17) is 0 Å². The zero-order chi connectivity index (χ0) is 13.8. The Morgan fingerprint density at radius 2 is 1.74 bits per heavy atom. The van der Waals surface area contributed by atoms with E-state index >= 15 is 0 Å². The van der Waals surface area contributed by atoms with Gasteiger partial charge in [0.15, 0.2) is 5.78 Å². The molecule has 2 aromatic carbocycles. The topological polar surface area (TPSA) is 37.4 Å². The van der Waals surface area contributed by atoms with Crippen molar-refractivity contribution in [2.45, 2.75) is 0 Å². The summed E-state index contributed by atoms with van der Waals surface area (Å²) in [5.74, 6) is -0.00898. The minimum absolute atomic E-state index is 0.00898. The standard InChI is InChI=1S/C15H12INO2/c1-17(10-18)12-8-6-11(7-9-12)15(19)13-4-2-3-5-14(13)16/h2-10H,1H3. The van der Waals surface area contributed by atoms with Crippen LogP contribution in [0, 0.1) is 3.57 Å². The van der Waals surface area contributed by atoms with E-state index in [2.05, 4.69) is 22.6 Å². The van der Waals surface area contributed by atoms with E-state index < -0.39 is 0 Å². The van der Waals surface area contributed by atoms with Crippen LogP contribution in [0.25, 0.3) is 0 Å². The van der Waals surface area contributed by atoms with E-state index in [-0.39, 0.29) is 5.78 Å². The van der Waals surface area contributed by atoms with Crippen LogP contribution in [0.4, 0.5) is 5.69 Å². The van der Waals surface area contributed by atoms with Gasteiger partial charge < -0.3 is 4.90 Å². The van der Waals surface area contributed by atoms with Crippen molar-refractivity contribution >= 4 is 40.5 Å². The van der Waals surface area contributed by atoms with Crippen molar-refractivity contribution in [1.82, 2.24) is 0 Å². The minimum Gasteiger partial charge on any atom is -0.318 e. The molecule has 0 atom stereocenters. The Balaban J connectivity index is 2.30. The van der Waals surface area contributed by atoms with Crippen molar-refractivity contribution < 1.29 is 9.59 Å². The number of benzene rings is 2. The van der Waals surface area contributed by atoms with Crippen LogP contribution in [0.3, 0.4) is 0 Å². The number of amides is 1. The van der Waals surface area contributed by atoms with Crippen molar-refractivity contribution in [3.05, 3.63) is 63.2 Å². The molecule has 0 saturated heterocycles. The van der Waals surface area contributed by atoms with Gasteiger partial charge >= 0.3 is 0 Å². The monoisotopic (exact) mass is 365 g/mol. The number of carbonyl (C=O) groups is 2. The van der Waals surface area contributed by atoms with E-state index in [0.717, 1.165) is 15.7 Å². The molecule has 0 saturated carbocycles. The van der Waals surface area contributed by atoms with Crippen LogP contribution < -0.4 is 4.90 Å². The van der Waals surface area contributed by atoms with Gasteiger partial charge in [0.25, 0.3) is 0 Å². The summed E-state index contributed by atoms with van der Waals surface area (Å²) in [5.41, 5.74) is 2.07. The summed E-state index contributed by atoms with van der Waals surface area (Å²) in [6, 6.07) is 14.5. The molecule has 0 aliphatic rings. The Bertz CT molecular complexity index is 608. The second kappa shape index (κ2) is 5.97. The van der Waals surface area contributed by atoms with Crippen LogP contribution in [0.5, 0.6) is 0 Å². The summed E-state index contributed by atoms with van der Waals surface area (Å²) in [7, 11) is 1.67. The molecule has 96 valence electrons. The van der Waals surface area contributed by atoms with Crippen molar-refractivity contribution in [2.24, 2.45) is 0 Å². The molecule has 2 aromatic rings. The van der Waals surface area contributed by atoms with Crippen LogP contribution in [0.15, 0.2) is 48.5 Å². The van der Waals surface area contributed by atoms with E-state index in [1.807, 2.05) is 24.3 Å². The Morgan fingerprint density at radius 3 is 2.32 bits per heavy atom. The largest absolute Gasteiger partial charge is 0.318 e. The van der Waals surface area contributed by atoms with Crippen molar-refractivity contribution in [3.8, 4) is 0 Å². The van der Waals surface area contributed by atoms with Crippen LogP contribution >= 0.6 is 22.6 Å². The maximum Gasteiger partial charge on any atom is 0.213 e. The molecule has 0 bridgehead atoms. The molecule has 1 amide bonds. The zero-order valence-electron chi connectivity index (χ0n) is 10.3. The Morgan fingerprint density at radius 1 is 1.11 bits per heavy atom. The average Bonchev–Trinajstić information content (AvgIpc) is 2.46. The summed E-state index contributed by atoms with van der Waals surface area (Å²) >= 11 is 2.15. The summed E-state index contributed by atoms with van der Waals surface area (Å²) in [6.45, 7) is 0. The highest BCUT2D eigenvalue weighted by Crippen LogP contribution is 2.18. The lowest BCUT2D eigenvalue weighted by molar-refractivity contribution is -0.107. The SMILES string of the molecule is CN(C=O)c1ccc(C(=O)c2ccccc2I)cc1. The molecule has 0 aliphatic heterocycles. The number of halogens is 1. The lowest BCUT2D eigenvalue weighted by Crippen LogP contribution is -2.13. The molecule has 0 heterocycles. The van der Waals surface area contributed by atoms with Gasteiger partial charge in [-0.2, -0.15) is 0 Å². The quantitative estimate of drug-likeness (QED) is 0.474. The second-order valence-electron chi connectivity index (χ2n) is 4.07. The Hall–Kier alpha value is -1.69. The van der Waals surface area contributed by atoms with Gasteiger partial charge in [-0.25, -0.2) is 0 Å². The van der Waals surface area contributed by atoms with Crippen LogP contribution in [-0.2, 0) is 4.79 Å². The van der Waals surface area contributed by atoms with Crippen LogP contribution in [-0.4, -0.2) is 19.2 Å². The first-order chi connectivity index (χ1) is 9.13. The molecule has 0 aliphatic carbocycles. The van der Waals surface area contributed by atoms with Gasteiger partial charge in [0, 0.05) is 27.4 Å². The van der Waals surface area contributed by atoms with E-state index in [0.29, 0.717) is 11.1 Å². The first-order valence-electron chi connectivity index (χ1n) is 5.71. The summed E-state index contributed by atoms with van der Waals surface area (Å²) < 4.78 is 0.930. The molecule has 3 nitrogen and oxygen atoms in total. The fourth-order valence-electron chi connectivity index (χ4n) is 1.71. The van der Waals surface area contributed by atoms with Gasteiger partial charge in [0.1, 0.15) is 0 Å². The number of hydrogen-bond donors (Lipinski definition) is 0. The minimum atomic E-state index is -0.00898. The molecule has 0 unspecified atom stereocenters. The molecular formula is C15H12INO2. The highest BCUT2D eigenvalue weighted by atomic mass is 127. The molecule has 0 radical (unpaired) electrons. The summed E-state index contributed by atoms with van der Waals surface area (Å²) in [4.78, 5) is 24.4. The lowest BCUT2D eigenvalue weighted by Gasteiger charge is -2.11. The second-order valence-corrected chi connectivity index (χ2v) is 5.23. The molecule has 19 heavy (non-hydrogen) atoms. The first kappa shape index (κ1) is 13.7. The predicted molar refractivity (Wildman–Crippen MR) is 83.5 cm³/mol. The van der Waals surface area contributed by atoms with Crippen molar-refractivity contribution in [2.75, 3.05) is 11.9 Å². The third kappa shape index (κ3) is 3.01. The number of ketones is 1. The number of nitrogens with zero attached hydrogens (tertiary/aromatic N) is 1. The van der Waals surface area contributed by atoms with Crippen molar-refractivity contribution in [1.29, 1.82) is 0 Å². The molecule has 0 aromatic heterocycles. The normalized spacial score (nSPS) is 10.0. The van der Waals surface area contributed by atoms with Gasteiger partial charge in [0.05, 0.1) is 0 Å². The molecule has 0 fully saturated rings. The van der Waals surface area contributed by atoms with E-state index in [1.165, 1.54) is 4.90 Å². The lowest BCUT2D eigenvalue weighted by atomic mass is 10.0. The van der Waals surface area contributed by atoms with Gasteiger partial charge in [-0.3, -0.25) is 9.59 Å². The molecule has 4 heteroatoms. The maximum atomic E-state index is 12.3. The highest BCUT2D eigenvalue weighted by molar-refractivity contribution is 14.1. The summed E-state index contributed by atoms with van der Waals surface area (Å²) in [6.07, 6.45) is 0.733. The van der Waals surface area contributed by atoms with Crippen LogP contribution in [0.1, 0.15) is 15.9 Å². The number of hydrogen-bond acceptors (Lipinski definition) is 2. The van der Waals surface area contributed by atoms with E-state index in [9.17, 15) is 9.59 Å². The average molecular weight is 365 g/mol. The Kier molecular flexibility index (Phi) is 4.31. The number of anilines is 1. The fraction of sp³-hybridized carbons (Fsp3) is 0.0667. The number of carbonyl (C=O) groups excluding carboxylic acids is 2.